The molecule has 2 aromatic heterocycles. The van der Waals surface area contributed by atoms with Crippen LogP contribution in [0, 0.1) is 20.8 Å². The lowest BCUT2D eigenvalue weighted by Gasteiger charge is -2.09. The minimum absolute atomic E-state index is 0.104. The molecule has 0 bridgehead atoms. The molecule has 1 aliphatic carbocycles. The van der Waals surface area contributed by atoms with Gasteiger partial charge in [0, 0.05) is 33.5 Å². The summed E-state index contributed by atoms with van der Waals surface area (Å²) in [7, 11) is 0. The highest BCUT2D eigenvalue weighted by atomic mass is 35.5. The first kappa shape index (κ1) is 24.1. The van der Waals surface area contributed by atoms with Crippen molar-refractivity contribution in [2.75, 3.05) is 0 Å². The summed E-state index contributed by atoms with van der Waals surface area (Å²) in [4.78, 5) is 31.6. The monoisotopic (exact) mass is 520 g/mol. The normalized spacial score (nSPS) is 14.2. The van der Waals surface area contributed by atoms with E-state index in [1.165, 1.54) is 5.56 Å². The lowest BCUT2D eigenvalue weighted by molar-refractivity contribution is 0.0990. The molecule has 6 rings (SSSR count). The number of nitrogens with zero attached hydrogens (tertiary/aromatic N) is 2. The highest BCUT2D eigenvalue weighted by Crippen LogP contribution is 2.36. The van der Waals surface area contributed by atoms with Crippen LogP contribution < -0.4 is 0 Å². The van der Waals surface area contributed by atoms with Crippen molar-refractivity contribution >= 4 is 40.5 Å². The number of allylic oxidation sites excluding steroid dienone is 1. The second-order valence-electron chi connectivity index (χ2n) is 9.78. The van der Waals surface area contributed by atoms with Crippen LogP contribution in [0.2, 0.25) is 5.02 Å². The molecule has 188 valence electrons. The van der Waals surface area contributed by atoms with E-state index in [1.807, 2.05) is 47.9 Å². The lowest BCUT2D eigenvalue weighted by atomic mass is 10.00. The fourth-order valence-electron chi connectivity index (χ4n) is 5.42. The first-order valence-electron chi connectivity index (χ1n) is 12.6. The summed E-state index contributed by atoms with van der Waals surface area (Å²) < 4.78 is 8.19. The van der Waals surface area contributed by atoms with Gasteiger partial charge in [0.05, 0.1) is 11.3 Å². The van der Waals surface area contributed by atoms with Gasteiger partial charge in [0.2, 0.25) is 5.89 Å². The highest BCUT2D eigenvalue weighted by molar-refractivity contribution is 6.42. The summed E-state index contributed by atoms with van der Waals surface area (Å²) in [6, 6.07) is 19.1. The number of fused-ring (bicyclic) bond motifs is 2. The Hall–Kier alpha value is -4.22. The molecule has 0 unspecified atom stereocenters. The fraction of sp³-hybridized carbons (Fsp3) is 0.156. The zero-order chi connectivity index (χ0) is 26.7. The van der Waals surface area contributed by atoms with Crippen molar-refractivity contribution in [3.8, 4) is 17.1 Å². The summed E-state index contributed by atoms with van der Waals surface area (Å²) in [5, 5.41) is 0.497. The number of aromatic nitrogens is 2. The molecular weight excluding hydrogens is 496 g/mol. The van der Waals surface area contributed by atoms with Gasteiger partial charge in [0.25, 0.3) is 0 Å². The van der Waals surface area contributed by atoms with Gasteiger partial charge in [-0.1, -0.05) is 54.4 Å². The molecule has 6 heteroatoms. The summed E-state index contributed by atoms with van der Waals surface area (Å²) in [6.07, 6.45) is 2.31. The molecule has 0 saturated carbocycles. The number of halogens is 1. The van der Waals surface area contributed by atoms with E-state index in [4.69, 9.17) is 21.0 Å². The summed E-state index contributed by atoms with van der Waals surface area (Å²) in [6.45, 7) is 8.14. The molecule has 0 radical (unpaired) electrons. The second-order valence-corrected chi connectivity index (χ2v) is 10.2. The molecule has 0 amide bonds. The van der Waals surface area contributed by atoms with E-state index < -0.39 is 0 Å². The van der Waals surface area contributed by atoms with Gasteiger partial charge in [-0.3, -0.25) is 14.2 Å². The van der Waals surface area contributed by atoms with Gasteiger partial charge in [-0.05, 0) is 74.2 Å². The molecule has 0 N–H and O–H groups in total. The van der Waals surface area contributed by atoms with E-state index in [1.54, 1.807) is 18.2 Å². The van der Waals surface area contributed by atoms with Crippen LogP contribution in [0.3, 0.4) is 0 Å². The average Bonchev–Trinajstić information content (AvgIpc) is 3.49. The van der Waals surface area contributed by atoms with Crippen LogP contribution in [-0.2, 0) is 6.42 Å². The molecule has 0 atom stereocenters. The smallest absolute Gasteiger partial charge is 0.229 e. The molecule has 2 heterocycles. The summed E-state index contributed by atoms with van der Waals surface area (Å²) in [5.41, 5.74) is 8.68. The maximum absolute atomic E-state index is 13.4. The Morgan fingerprint density at radius 3 is 2.24 bits per heavy atom. The first-order valence-corrected chi connectivity index (χ1v) is 12.9. The maximum Gasteiger partial charge on any atom is 0.229 e. The predicted octanol–water partition coefficient (Wildman–Crippen LogP) is 7.89. The largest absolute Gasteiger partial charge is 0.434 e. The number of carbonyl (C=O) groups excluding carboxylic acids is 2. The third kappa shape index (κ3) is 3.74. The van der Waals surface area contributed by atoms with Gasteiger partial charge in [0.15, 0.2) is 22.8 Å². The number of benzene rings is 3. The third-order valence-corrected chi connectivity index (χ3v) is 7.48. The van der Waals surface area contributed by atoms with E-state index >= 15 is 0 Å². The minimum atomic E-state index is -0.327. The number of hydrogen-bond acceptors (Lipinski definition) is 4. The van der Waals surface area contributed by atoms with Crippen LogP contribution in [0.25, 0.3) is 34.4 Å². The van der Waals surface area contributed by atoms with Crippen molar-refractivity contribution in [3.63, 3.8) is 0 Å². The number of Topliss-reactive ketones (excluding diaryl/α,β-unsaturated/α-hetero) is 2. The number of carbonyl (C=O) groups is 2. The van der Waals surface area contributed by atoms with Crippen LogP contribution >= 0.6 is 11.6 Å². The van der Waals surface area contributed by atoms with E-state index in [2.05, 4.69) is 32.9 Å². The van der Waals surface area contributed by atoms with Gasteiger partial charge in [0.1, 0.15) is 0 Å². The maximum atomic E-state index is 13.4. The molecule has 0 aliphatic heterocycles. The van der Waals surface area contributed by atoms with E-state index in [-0.39, 0.29) is 17.1 Å². The molecule has 5 aromatic rings. The standard InChI is InChI=1S/C32H25ClN2O3/c1-5-20-13-23-24(16-26(20)33)30(37)25(29(23)36)14-22-15-27-31(35(22)21-9-7-6-8-10-21)34-32(38-27)28-18(3)11-17(2)12-19(28)4/h6-16H,5H2,1-4H3/b25-14+. The SMILES string of the molecule is CCc1cc2c(cc1Cl)C(=O)/C(=C/c1cc3oc(-c4c(C)cc(C)cc4C)nc3n1-c1ccccc1)C2=O. The molecule has 0 fully saturated rings. The Kier molecular flexibility index (Phi) is 5.69. The van der Waals surface area contributed by atoms with Crippen molar-refractivity contribution in [2.45, 2.75) is 34.1 Å². The van der Waals surface area contributed by atoms with Crippen molar-refractivity contribution in [1.29, 1.82) is 0 Å². The van der Waals surface area contributed by atoms with E-state index in [0.29, 0.717) is 45.4 Å². The number of hydrogen-bond donors (Lipinski definition) is 0. The zero-order valence-corrected chi connectivity index (χ0v) is 22.3. The van der Waals surface area contributed by atoms with Crippen molar-refractivity contribution < 1.29 is 14.0 Å². The average molecular weight is 521 g/mol. The number of aryl methyl sites for hydroxylation is 4. The third-order valence-electron chi connectivity index (χ3n) is 7.13. The minimum Gasteiger partial charge on any atom is -0.434 e. The van der Waals surface area contributed by atoms with E-state index in [9.17, 15) is 9.59 Å². The van der Waals surface area contributed by atoms with Gasteiger partial charge in [-0.25, -0.2) is 0 Å². The van der Waals surface area contributed by atoms with Crippen LogP contribution in [0.15, 0.2) is 70.7 Å². The molecule has 0 saturated heterocycles. The van der Waals surface area contributed by atoms with Crippen LogP contribution in [-0.4, -0.2) is 21.1 Å². The number of para-hydroxylation sites is 1. The molecule has 38 heavy (non-hydrogen) atoms. The number of rotatable bonds is 4. The fourth-order valence-corrected chi connectivity index (χ4v) is 5.71. The van der Waals surface area contributed by atoms with Crippen LogP contribution in [0.1, 0.15) is 55.6 Å². The Morgan fingerprint density at radius 2 is 1.58 bits per heavy atom. The molecule has 3 aromatic carbocycles. The van der Waals surface area contributed by atoms with Gasteiger partial charge >= 0.3 is 0 Å². The number of oxazole rings is 1. The first-order chi connectivity index (χ1) is 18.3. The van der Waals surface area contributed by atoms with Crippen molar-refractivity contribution in [2.24, 2.45) is 0 Å². The molecule has 1 aliphatic rings. The van der Waals surface area contributed by atoms with Crippen molar-refractivity contribution in [1.82, 2.24) is 9.55 Å². The lowest BCUT2D eigenvalue weighted by Crippen LogP contribution is -2.03. The van der Waals surface area contributed by atoms with E-state index in [0.717, 1.165) is 27.9 Å². The Labute approximate surface area is 225 Å². The van der Waals surface area contributed by atoms with Gasteiger partial charge < -0.3 is 4.42 Å². The molecule has 5 nitrogen and oxygen atoms in total. The Balaban J connectivity index is 1.53. The van der Waals surface area contributed by atoms with Crippen LogP contribution in [0.4, 0.5) is 0 Å². The second kappa shape index (κ2) is 8.96. The Morgan fingerprint density at radius 1 is 0.921 bits per heavy atom. The van der Waals surface area contributed by atoms with Gasteiger partial charge in [-0.15, -0.1) is 0 Å². The Bertz CT molecular complexity index is 1800. The van der Waals surface area contributed by atoms with Crippen molar-refractivity contribution in [3.05, 3.63) is 110 Å². The summed E-state index contributed by atoms with van der Waals surface area (Å²) >= 11 is 6.36. The van der Waals surface area contributed by atoms with Gasteiger partial charge in [-0.2, -0.15) is 4.98 Å². The topological polar surface area (TPSA) is 65.1 Å². The molecular formula is C32H25ClN2O3. The predicted molar refractivity (Wildman–Crippen MR) is 150 cm³/mol. The zero-order valence-electron chi connectivity index (χ0n) is 21.6. The van der Waals surface area contributed by atoms with Crippen LogP contribution in [0.5, 0.6) is 0 Å². The summed E-state index contributed by atoms with van der Waals surface area (Å²) in [5.74, 6) is -0.0871. The number of ketones is 2. The molecule has 0 spiro atoms. The quantitative estimate of drug-likeness (QED) is 0.178. The highest BCUT2D eigenvalue weighted by Gasteiger charge is 2.34.